The summed E-state index contributed by atoms with van der Waals surface area (Å²) in [4.78, 5) is 14.6. The molecule has 2 aromatic rings. The zero-order valence-electron chi connectivity index (χ0n) is 12.9. The fraction of sp³-hybridized carbons (Fsp3) is 0.278. The van der Waals surface area contributed by atoms with Gasteiger partial charge in [-0.2, -0.15) is 0 Å². The molecule has 0 bridgehead atoms. The van der Waals surface area contributed by atoms with Crippen LogP contribution in [0.1, 0.15) is 29.6 Å². The Morgan fingerprint density at radius 1 is 1.09 bits per heavy atom. The third kappa shape index (κ3) is 3.62. The van der Waals surface area contributed by atoms with Gasteiger partial charge in [0.15, 0.2) is 0 Å². The molecule has 0 aliphatic carbocycles. The minimum atomic E-state index is -0.429. The molecule has 0 atom stereocenters. The third-order valence-electron chi connectivity index (χ3n) is 4.05. The number of carbonyl (C=O) groups is 1. The summed E-state index contributed by atoms with van der Waals surface area (Å²) in [6, 6.07) is 11.2. The van der Waals surface area contributed by atoms with Crippen LogP contribution in [0.5, 0.6) is 0 Å². The van der Waals surface area contributed by atoms with Crippen molar-refractivity contribution >= 4 is 23.0 Å². The highest BCUT2D eigenvalue weighted by molar-refractivity contribution is 6.06. The number of carbonyl (C=O) groups excluding carboxylic acids is 1. The predicted molar refractivity (Wildman–Crippen MR) is 91.3 cm³/mol. The Balaban J connectivity index is 1.86. The van der Waals surface area contributed by atoms with Gasteiger partial charge in [-0.3, -0.25) is 4.79 Å². The second kappa shape index (κ2) is 6.69. The maximum atomic E-state index is 13.3. The lowest BCUT2D eigenvalue weighted by Crippen LogP contribution is -2.30. The van der Waals surface area contributed by atoms with Gasteiger partial charge in [0.05, 0.1) is 11.4 Å². The molecule has 1 fully saturated rings. The maximum absolute atomic E-state index is 13.3. The van der Waals surface area contributed by atoms with Gasteiger partial charge < -0.3 is 16.0 Å². The molecule has 1 heterocycles. The summed E-state index contributed by atoms with van der Waals surface area (Å²) in [5, 5.41) is 2.86. The molecule has 0 saturated carbocycles. The molecular formula is C18H20FN3O. The molecule has 0 unspecified atom stereocenters. The highest BCUT2D eigenvalue weighted by Crippen LogP contribution is 2.30. The monoisotopic (exact) mass is 313 g/mol. The Morgan fingerprint density at radius 2 is 1.87 bits per heavy atom. The van der Waals surface area contributed by atoms with E-state index in [9.17, 15) is 9.18 Å². The van der Waals surface area contributed by atoms with Crippen LogP contribution in [-0.4, -0.2) is 19.0 Å². The number of benzene rings is 2. The largest absolute Gasteiger partial charge is 0.399 e. The molecule has 1 aliphatic rings. The van der Waals surface area contributed by atoms with Crippen LogP contribution in [0.3, 0.4) is 0 Å². The van der Waals surface area contributed by atoms with E-state index in [1.54, 1.807) is 12.1 Å². The van der Waals surface area contributed by atoms with Crippen molar-refractivity contribution in [3.8, 4) is 0 Å². The standard InChI is InChI=1S/C18H20FN3O/c19-14-6-4-5-13(11-14)18(23)21-16-12-15(20)7-8-17(16)22-9-2-1-3-10-22/h4-8,11-12H,1-3,9-10,20H2,(H,21,23). The zero-order valence-corrected chi connectivity index (χ0v) is 12.9. The highest BCUT2D eigenvalue weighted by atomic mass is 19.1. The smallest absolute Gasteiger partial charge is 0.255 e. The van der Waals surface area contributed by atoms with Crippen LogP contribution in [0.15, 0.2) is 42.5 Å². The Kier molecular flexibility index (Phi) is 4.46. The summed E-state index contributed by atoms with van der Waals surface area (Å²) in [6.07, 6.45) is 3.51. The van der Waals surface area contributed by atoms with Gasteiger partial charge in [-0.05, 0) is 55.7 Å². The van der Waals surface area contributed by atoms with Gasteiger partial charge in [-0.25, -0.2) is 4.39 Å². The van der Waals surface area contributed by atoms with Crippen LogP contribution < -0.4 is 16.0 Å². The number of nitrogens with one attached hydrogen (secondary N) is 1. The summed E-state index contributed by atoms with van der Waals surface area (Å²) in [7, 11) is 0. The van der Waals surface area contributed by atoms with E-state index >= 15 is 0 Å². The van der Waals surface area contributed by atoms with Crippen LogP contribution in [-0.2, 0) is 0 Å². The molecule has 3 N–H and O–H groups in total. The minimum Gasteiger partial charge on any atom is -0.399 e. The molecule has 120 valence electrons. The van der Waals surface area contributed by atoms with Gasteiger partial charge in [0, 0.05) is 24.3 Å². The van der Waals surface area contributed by atoms with Gasteiger partial charge in [0.1, 0.15) is 5.82 Å². The lowest BCUT2D eigenvalue weighted by Gasteiger charge is -2.30. The van der Waals surface area contributed by atoms with Crippen molar-refractivity contribution in [3.63, 3.8) is 0 Å². The molecule has 2 aromatic carbocycles. The summed E-state index contributed by atoms with van der Waals surface area (Å²) in [5.74, 6) is -0.769. The predicted octanol–water partition coefficient (Wildman–Crippen LogP) is 3.65. The van der Waals surface area contributed by atoms with Gasteiger partial charge in [-0.1, -0.05) is 6.07 Å². The first-order valence-electron chi connectivity index (χ1n) is 7.85. The summed E-state index contributed by atoms with van der Waals surface area (Å²) in [6.45, 7) is 1.93. The molecular weight excluding hydrogens is 293 g/mol. The molecule has 4 nitrogen and oxygen atoms in total. The number of anilines is 3. The maximum Gasteiger partial charge on any atom is 0.255 e. The van der Waals surface area contributed by atoms with Crippen molar-refractivity contribution in [2.45, 2.75) is 19.3 Å². The lowest BCUT2D eigenvalue weighted by atomic mass is 10.1. The number of hydrogen-bond acceptors (Lipinski definition) is 3. The second-order valence-corrected chi connectivity index (χ2v) is 5.79. The van der Waals surface area contributed by atoms with Gasteiger partial charge in [-0.15, -0.1) is 0 Å². The second-order valence-electron chi connectivity index (χ2n) is 5.79. The van der Waals surface area contributed by atoms with Crippen LogP contribution in [0, 0.1) is 5.82 Å². The molecule has 23 heavy (non-hydrogen) atoms. The number of nitrogens with zero attached hydrogens (tertiary/aromatic N) is 1. The normalized spacial score (nSPS) is 14.6. The fourth-order valence-corrected chi connectivity index (χ4v) is 2.89. The van der Waals surface area contributed by atoms with E-state index in [-0.39, 0.29) is 11.5 Å². The van der Waals surface area contributed by atoms with E-state index in [0.717, 1.165) is 31.6 Å². The summed E-state index contributed by atoms with van der Waals surface area (Å²) >= 11 is 0. The Hall–Kier alpha value is -2.56. The number of nitrogen functional groups attached to an aromatic ring is 1. The number of hydrogen-bond donors (Lipinski definition) is 2. The average molecular weight is 313 g/mol. The number of rotatable bonds is 3. The van der Waals surface area contributed by atoms with E-state index in [1.165, 1.54) is 24.6 Å². The van der Waals surface area contributed by atoms with Gasteiger partial charge >= 0.3 is 0 Å². The number of amides is 1. The average Bonchev–Trinajstić information content (AvgIpc) is 2.56. The van der Waals surface area contributed by atoms with Crippen LogP contribution >= 0.6 is 0 Å². The Labute approximate surface area is 135 Å². The van der Waals surface area contributed by atoms with Crippen LogP contribution in [0.4, 0.5) is 21.5 Å². The Bertz CT molecular complexity index is 711. The topological polar surface area (TPSA) is 58.4 Å². The van der Waals surface area contributed by atoms with Crippen molar-refractivity contribution < 1.29 is 9.18 Å². The molecule has 1 aliphatic heterocycles. The summed E-state index contributed by atoms with van der Waals surface area (Å²) in [5.41, 5.74) is 8.37. The summed E-state index contributed by atoms with van der Waals surface area (Å²) < 4.78 is 13.3. The molecule has 3 rings (SSSR count). The lowest BCUT2D eigenvalue weighted by molar-refractivity contribution is 0.102. The Morgan fingerprint density at radius 3 is 2.61 bits per heavy atom. The van der Waals surface area contributed by atoms with E-state index in [2.05, 4.69) is 10.2 Å². The van der Waals surface area contributed by atoms with Gasteiger partial charge in [0.2, 0.25) is 0 Å². The van der Waals surface area contributed by atoms with E-state index in [1.807, 2.05) is 12.1 Å². The molecule has 5 heteroatoms. The van der Waals surface area contributed by atoms with Crippen molar-refractivity contribution in [3.05, 3.63) is 53.8 Å². The van der Waals surface area contributed by atoms with Crippen LogP contribution in [0.25, 0.3) is 0 Å². The first kappa shape index (κ1) is 15.3. The number of piperidine rings is 1. The van der Waals surface area contributed by atoms with E-state index in [4.69, 9.17) is 5.73 Å². The zero-order chi connectivity index (χ0) is 16.2. The molecule has 1 saturated heterocycles. The SMILES string of the molecule is Nc1ccc(N2CCCCC2)c(NC(=O)c2cccc(F)c2)c1. The minimum absolute atomic E-state index is 0.289. The van der Waals surface area contributed by atoms with Crippen molar-refractivity contribution in [1.82, 2.24) is 0 Å². The number of halogens is 1. The first-order valence-corrected chi connectivity index (χ1v) is 7.85. The van der Waals surface area contributed by atoms with Gasteiger partial charge in [0.25, 0.3) is 5.91 Å². The van der Waals surface area contributed by atoms with Crippen molar-refractivity contribution in [2.75, 3.05) is 29.0 Å². The molecule has 0 radical (unpaired) electrons. The third-order valence-corrected chi connectivity index (χ3v) is 4.05. The van der Waals surface area contributed by atoms with E-state index in [0.29, 0.717) is 11.4 Å². The highest BCUT2D eigenvalue weighted by Gasteiger charge is 2.17. The number of nitrogens with two attached hydrogens (primary N) is 1. The fourth-order valence-electron chi connectivity index (χ4n) is 2.89. The molecule has 0 aromatic heterocycles. The molecule has 1 amide bonds. The first-order chi connectivity index (χ1) is 11.1. The van der Waals surface area contributed by atoms with E-state index < -0.39 is 5.82 Å². The molecule has 0 spiro atoms. The van der Waals surface area contributed by atoms with Crippen molar-refractivity contribution in [2.24, 2.45) is 0 Å². The van der Waals surface area contributed by atoms with Crippen molar-refractivity contribution in [1.29, 1.82) is 0 Å². The van der Waals surface area contributed by atoms with Crippen LogP contribution in [0.2, 0.25) is 0 Å². The quantitative estimate of drug-likeness (QED) is 0.850.